The lowest BCUT2D eigenvalue weighted by atomic mass is 10.1. The molecule has 0 radical (unpaired) electrons. The molecule has 162 valence electrons. The first-order valence-corrected chi connectivity index (χ1v) is 10.6. The number of nitrogens with one attached hydrogen (secondary N) is 1. The molecule has 30 heavy (non-hydrogen) atoms. The van der Waals surface area contributed by atoms with Crippen LogP contribution in [0, 0.1) is 0 Å². The van der Waals surface area contributed by atoms with Crippen LogP contribution in [0.2, 0.25) is 0 Å². The summed E-state index contributed by atoms with van der Waals surface area (Å²) in [6, 6.07) is 15.2. The minimum absolute atomic E-state index is 0.132. The van der Waals surface area contributed by atoms with Crippen molar-refractivity contribution in [2.75, 3.05) is 27.2 Å². The third-order valence-electron chi connectivity index (χ3n) is 5.34. The number of amides is 1. The van der Waals surface area contributed by atoms with Gasteiger partial charge in [-0.2, -0.15) is 0 Å². The number of ether oxygens (including phenoxy) is 3. The Morgan fingerprint density at radius 1 is 1.10 bits per heavy atom. The molecule has 0 spiro atoms. The van der Waals surface area contributed by atoms with Gasteiger partial charge in [-0.15, -0.1) is 0 Å². The second-order valence-corrected chi connectivity index (χ2v) is 7.68. The number of likely N-dealkylation sites (tertiary alicyclic amines) is 1. The molecule has 0 saturated carbocycles. The molecule has 1 heterocycles. The molecule has 0 aliphatic carbocycles. The SMILES string of the molecule is CC[C@H](Oc1cccc(OC)c1)C(=O)NCc1ccc(OC2CCN(C)CC2)cc1. The van der Waals surface area contributed by atoms with E-state index in [-0.39, 0.29) is 12.0 Å². The first kappa shape index (κ1) is 22.0. The molecule has 1 fully saturated rings. The first-order chi connectivity index (χ1) is 14.6. The van der Waals surface area contributed by atoms with Crippen molar-refractivity contribution in [1.82, 2.24) is 10.2 Å². The maximum atomic E-state index is 12.6. The van der Waals surface area contributed by atoms with Crippen molar-refractivity contribution in [1.29, 1.82) is 0 Å². The fourth-order valence-electron chi connectivity index (χ4n) is 3.45. The van der Waals surface area contributed by atoms with Crippen LogP contribution < -0.4 is 19.5 Å². The topological polar surface area (TPSA) is 60.0 Å². The smallest absolute Gasteiger partial charge is 0.261 e. The molecule has 1 saturated heterocycles. The van der Waals surface area contributed by atoms with Gasteiger partial charge < -0.3 is 24.4 Å². The van der Waals surface area contributed by atoms with Crippen LogP contribution >= 0.6 is 0 Å². The third kappa shape index (κ3) is 6.39. The Morgan fingerprint density at radius 2 is 1.80 bits per heavy atom. The number of piperidine rings is 1. The largest absolute Gasteiger partial charge is 0.497 e. The average Bonchev–Trinajstić information content (AvgIpc) is 2.78. The van der Waals surface area contributed by atoms with Crippen LogP contribution in [0.1, 0.15) is 31.7 Å². The van der Waals surface area contributed by atoms with Gasteiger partial charge in [-0.25, -0.2) is 0 Å². The Kier molecular flexibility index (Phi) is 7.97. The molecule has 0 bridgehead atoms. The van der Waals surface area contributed by atoms with Crippen molar-refractivity contribution < 1.29 is 19.0 Å². The van der Waals surface area contributed by atoms with Crippen LogP contribution in [-0.4, -0.2) is 50.3 Å². The van der Waals surface area contributed by atoms with Gasteiger partial charge in [0.15, 0.2) is 6.10 Å². The van der Waals surface area contributed by atoms with Crippen LogP contribution in [0.15, 0.2) is 48.5 Å². The van der Waals surface area contributed by atoms with E-state index < -0.39 is 6.10 Å². The van der Waals surface area contributed by atoms with Gasteiger partial charge in [0.05, 0.1) is 7.11 Å². The first-order valence-electron chi connectivity index (χ1n) is 10.6. The average molecular weight is 413 g/mol. The predicted octanol–water partition coefficient (Wildman–Crippen LogP) is 3.64. The number of hydrogen-bond donors (Lipinski definition) is 1. The Morgan fingerprint density at radius 3 is 2.47 bits per heavy atom. The molecule has 3 rings (SSSR count). The second kappa shape index (κ2) is 10.9. The van der Waals surface area contributed by atoms with E-state index >= 15 is 0 Å². The van der Waals surface area contributed by atoms with Gasteiger partial charge in [-0.3, -0.25) is 4.79 Å². The van der Waals surface area contributed by atoms with E-state index in [1.165, 1.54) is 0 Å². The lowest BCUT2D eigenvalue weighted by Gasteiger charge is -2.29. The van der Waals surface area contributed by atoms with Crippen molar-refractivity contribution in [2.24, 2.45) is 0 Å². The van der Waals surface area contributed by atoms with Crippen molar-refractivity contribution in [2.45, 2.75) is 44.9 Å². The number of rotatable bonds is 9. The van der Waals surface area contributed by atoms with E-state index in [4.69, 9.17) is 14.2 Å². The number of benzene rings is 2. The van der Waals surface area contributed by atoms with E-state index in [1.807, 2.05) is 49.4 Å². The zero-order valence-electron chi connectivity index (χ0n) is 18.1. The van der Waals surface area contributed by atoms with E-state index in [9.17, 15) is 4.79 Å². The van der Waals surface area contributed by atoms with Crippen LogP contribution in [-0.2, 0) is 11.3 Å². The van der Waals surface area contributed by atoms with Gasteiger partial charge in [0.25, 0.3) is 5.91 Å². The van der Waals surface area contributed by atoms with Crippen LogP contribution in [0.25, 0.3) is 0 Å². The zero-order valence-corrected chi connectivity index (χ0v) is 18.1. The molecule has 0 aromatic heterocycles. The molecule has 0 unspecified atom stereocenters. The summed E-state index contributed by atoms with van der Waals surface area (Å²) < 4.78 is 17.1. The van der Waals surface area contributed by atoms with Crippen molar-refractivity contribution >= 4 is 5.91 Å². The quantitative estimate of drug-likeness (QED) is 0.681. The number of nitrogens with zero attached hydrogens (tertiary/aromatic N) is 1. The standard InChI is InChI=1S/C24H32N2O4/c1-4-23(30-22-7-5-6-21(16-22)28-3)24(27)25-17-18-8-10-19(11-9-18)29-20-12-14-26(2)15-13-20/h5-11,16,20,23H,4,12-15,17H2,1-3H3,(H,25,27)/t23-/m0/s1. The van der Waals surface area contributed by atoms with Gasteiger partial charge in [-0.1, -0.05) is 25.1 Å². The lowest BCUT2D eigenvalue weighted by Crippen LogP contribution is -2.37. The highest BCUT2D eigenvalue weighted by atomic mass is 16.5. The predicted molar refractivity (Wildman–Crippen MR) is 117 cm³/mol. The van der Waals surface area contributed by atoms with Crippen LogP contribution in [0.3, 0.4) is 0 Å². The summed E-state index contributed by atoms with van der Waals surface area (Å²) in [4.78, 5) is 14.9. The summed E-state index contributed by atoms with van der Waals surface area (Å²) in [5, 5.41) is 2.96. The Balaban J connectivity index is 1.48. The maximum absolute atomic E-state index is 12.6. The molecule has 6 nitrogen and oxygen atoms in total. The monoisotopic (exact) mass is 412 g/mol. The highest BCUT2D eigenvalue weighted by molar-refractivity contribution is 5.81. The zero-order chi connectivity index (χ0) is 21.3. The van der Waals surface area contributed by atoms with E-state index in [0.717, 1.165) is 37.2 Å². The molecular formula is C24H32N2O4. The van der Waals surface area contributed by atoms with E-state index in [2.05, 4.69) is 17.3 Å². The lowest BCUT2D eigenvalue weighted by molar-refractivity contribution is -0.128. The number of hydrogen-bond acceptors (Lipinski definition) is 5. The highest BCUT2D eigenvalue weighted by Gasteiger charge is 2.19. The normalized spacial score (nSPS) is 16.0. The minimum atomic E-state index is -0.552. The molecule has 1 aliphatic rings. The molecule has 2 aromatic carbocycles. The fraction of sp³-hybridized carbons (Fsp3) is 0.458. The molecule has 1 amide bonds. The van der Waals surface area contributed by atoms with Gasteiger partial charge in [0, 0.05) is 25.7 Å². The summed E-state index contributed by atoms with van der Waals surface area (Å²) in [5.74, 6) is 2.07. The molecule has 1 N–H and O–H groups in total. The van der Waals surface area contributed by atoms with Crippen LogP contribution in [0.4, 0.5) is 0 Å². The van der Waals surface area contributed by atoms with E-state index in [0.29, 0.717) is 24.5 Å². The van der Waals surface area contributed by atoms with Crippen molar-refractivity contribution in [3.63, 3.8) is 0 Å². The summed E-state index contributed by atoms with van der Waals surface area (Å²) in [5.41, 5.74) is 1.02. The summed E-state index contributed by atoms with van der Waals surface area (Å²) >= 11 is 0. The third-order valence-corrected chi connectivity index (χ3v) is 5.34. The van der Waals surface area contributed by atoms with Gasteiger partial charge in [-0.05, 0) is 56.1 Å². The molecule has 1 aliphatic heterocycles. The summed E-state index contributed by atoms with van der Waals surface area (Å²) in [7, 11) is 3.75. The molecule has 1 atom stereocenters. The Bertz CT molecular complexity index is 801. The minimum Gasteiger partial charge on any atom is -0.497 e. The Labute approximate surface area is 179 Å². The fourth-order valence-corrected chi connectivity index (χ4v) is 3.45. The molecule has 2 aromatic rings. The Hall–Kier alpha value is -2.73. The van der Waals surface area contributed by atoms with Gasteiger partial charge in [0.1, 0.15) is 23.4 Å². The number of carbonyl (C=O) groups is 1. The van der Waals surface area contributed by atoms with Gasteiger partial charge >= 0.3 is 0 Å². The maximum Gasteiger partial charge on any atom is 0.261 e. The molecule has 6 heteroatoms. The van der Waals surface area contributed by atoms with Crippen molar-refractivity contribution in [3.8, 4) is 17.2 Å². The number of carbonyl (C=O) groups excluding carboxylic acids is 1. The van der Waals surface area contributed by atoms with E-state index in [1.54, 1.807) is 13.2 Å². The molecular weight excluding hydrogens is 380 g/mol. The summed E-state index contributed by atoms with van der Waals surface area (Å²) in [6.07, 6.45) is 2.42. The van der Waals surface area contributed by atoms with Crippen molar-refractivity contribution in [3.05, 3.63) is 54.1 Å². The highest BCUT2D eigenvalue weighted by Crippen LogP contribution is 2.21. The number of methoxy groups -OCH3 is 1. The van der Waals surface area contributed by atoms with Crippen LogP contribution in [0.5, 0.6) is 17.2 Å². The summed E-state index contributed by atoms with van der Waals surface area (Å²) in [6.45, 7) is 4.53. The van der Waals surface area contributed by atoms with Gasteiger partial charge in [0.2, 0.25) is 0 Å². The second-order valence-electron chi connectivity index (χ2n) is 7.68.